The highest BCUT2D eigenvalue weighted by atomic mass is 16.5. The second-order valence-corrected chi connectivity index (χ2v) is 5.10. The molecule has 2 amide bonds. The van der Waals surface area contributed by atoms with Crippen LogP contribution in [0.4, 0.5) is 10.6 Å². The van der Waals surface area contributed by atoms with Crippen LogP contribution in [0.25, 0.3) is 0 Å². The van der Waals surface area contributed by atoms with Gasteiger partial charge in [-0.15, -0.1) is 0 Å². The fourth-order valence-corrected chi connectivity index (χ4v) is 2.44. The number of urea groups is 1. The molecule has 1 aromatic rings. The topological polar surface area (TPSA) is 58.4 Å². The van der Waals surface area contributed by atoms with Crippen molar-refractivity contribution in [3.05, 3.63) is 11.8 Å². The molecule has 0 radical (unpaired) electrons. The zero-order chi connectivity index (χ0) is 12.4. The van der Waals surface area contributed by atoms with E-state index in [1.807, 2.05) is 4.90 Å². The van der Waals surface area contributed by atoms with Crippen molar-refractivity contribution in [3.63, 3.8) is 0 Å². The molecule has 0 bridgehead atoms. The Morgan fingerprint density at radius 3 is 2.65 bits per heavy atom. The molecule has 1 N–H and O–H groups in total. The molecule has 1 aliphatic rings. The van der Waals surface area contributed by atoms with Gasteiger partial charge in [-0.25, -0.2) is 4.79 Å². The van der Waals surface area contributed by atoms with E-state index in [-0.39, 0.29) is 6.03 Å². The fourth-order valence-electron chi connectivity index (χ4n) is 2.44. The van der Waals surface area contributed by atoms with Gasteiger partial charge in [0.05, 0.1) is 0 Å². The molecule has 0 spiro atoms. The molecule has 2 unspecified atom stereocenters. The van der Waals surface area contributed by atoms with Gasteiger partial charge >= 0.3 is 6.03 Å². The number of aromatic nitrogens is 1. The highest BCUT2D eigenvalue weighted by molar-refractivity contribution is 5.88. The van der Waals surface area contributed by atoms with Gasteiger partial charge in [-0.05, 0) is 25.2 Å². The maximum absolute atomic E-state index is 12.0. The molecule has 5 nitrogen and oxygen atoms in total. The standard InChI is InChI=1S/C12H19N3O2/c1-8-4-9(2)7-15(6-8)12(16)13-11-5-10(3)17-14-11/h5,8-9H,4,6-7H2,1-3H3,(H,13,14,16). The predicted octanol–water partition coefficient (Wildman–Crippen LogP) is 2.49. The van der Waals surface area contributed by atoms with E-state index in [0.717, 1.165) is 13.1 Å². The number of amides is 2. The maximum Gasteiger partial charge on any atom is 0.323 e. The zero-order valence-electron chi connectivity index (χ0n) is 10.6. The molecule has 2 heterocycles. The minimum Gasteiger partial charge on any atom is -0.360 e. The third-order valence-corrected chi connectivity index (χ3v) is 3.02. The lowest BCUT2D eigenvalue weighted by atomic mass is 9.92. The highest BCUT2D eigenvalue weighted by Crippen LogP contribution is 2.21. The Morgan fingerprint density at radius 1 is 1.47 bits per heavy atom. The number of carbonyl (C=O) groups excluding carboxylic acids is 1. The van der Waals surface area contributed by atoms with Crippen molar-refractivity contribution in [1.29, 1.82) is 0 Å². The van der Waals surface area contributed by atoms with Gasteiger partial charge in [-0.1, -0.05) is 19.0 Å². The summed E-state index contributed by atoms with van der Waals surface area (Å²) in [5.41, 5.74) is 0. The number of carbonyl (C=O) groups is 1. The Morgan fingerprint density at radius 2 is 2.12 bits per heavy atom. The van der Waals surface area contributed by atoms with Gasteiger partial charge in [-0.3, -0.25) is 5.32 Å². The number of nitrogens with zero attached hydrogens (tertiary/aromatic N) is 2. The van der Waals surface area contributed by atoms with Gasteiger partial charge < -0.3 is 9.42 Å². The lowest BCUT2D eigenvalue weighted by Gasteiger charge is -2.34. The minimum atomic E-state index is -0.0864. The van der Waals surface area contributed by atoms with E-state index in [1.54, 1.807) is 13.0 Å². The van der Waals surface area contributed by atoms with Crippen LogP contribution in [0.3, 0.4) is 0 Å². The van der Waals surface area contributed by atoms with E-state index in [9.17, 15) is 4.79 Å². The van der Waals surface area contributed by atoms with E-state index in [4.69, 9.17) is 4.52 Å². The molecule has 5 heteroatoms. The Bertz CT molecular complexity index is 392. The van der Waals surface area contributed by atoms with Gasteiger partial charge in [0, 0.05) is 19.2 Å². The molecule has 2 rings (SSSR count). The Hall–Kier alpha value is -1.52. The lowest BCUT2D eigenvalue weighted by Crippen LogP contribution is -2.44. The number of anilines is 1. The van der Waals surface area contributed by atoms with E-state index >= 15 is 0 Å². The molecule has 0 saturated carbocycles. The summed E-state index contributed by atoms with van der Waals surface area (Å²) in [6.45, 7) is 7.78. The molecule has 17 heavy (non-hydrogen) atoms. The van der Waals surface area contributed by atoms with Crippen molar-refractivity contribution in [3.8, 4) is 0 Å². The van der Waals surface area contributed by atoms with Crippen molar-refractivity contribution in [2.45, 2.75) is 27.2 Å². The molecule has 1 aliphatic heterocycles. The quantitative estimate of drug-likeness (QED) is 0.816. The average Bonchev–Trinajstić information content (AvgIpc) is 2.62. The molecule has 1 aromatic heterocycles. The molecule has 2 atom stereocenters. The minimum absolute atomic E-state index is 0.0864. The molecule has 1 saturated heterocycles. The SMILES string of the molecule is Cc1cc(NC(=O)N2CC(C)CC(C)C2)no1. The van der Waals surface area contributed by atoms with Gasteiger partial charge in [0.15, 0.2) is 5.82 Å². The predicted molar refractivity (Wildman–Crippen MR) is 64.8 cm³/mol. The van der Waals surface area contributed by atoms with Crippen LogP contribution in [0.5, 0.6) is 0 Å². The van der Waals surface area contributed by atoms with Crippen LogP contribution in [0.2, 0.25) is 0 Å². The van der Waals surface area contributed by atoms with Crippen LogP contribution < -0.4 is 5.32 Å². The first kappa shape index (κ1) is 12.0. The van der Waals surface area contributed by atoms with Crippen LogP contribution in [0.15, 0.2) is 10.6 Å². The van der Waals surface area contributed by atoms with Crippen molar-refractivity contribution < 1.29 is 9.32 Å². The molecular weight excluding hydrogens is 218 g/mol. The first-order valence-corrected chi connectivity index (χ1v) is 6.04. The summed E-state index contributed by atoms with van der Waals surface area (Å²) in [4.78, 5) is 13.9. The summed E-state index contributed by atoms with van der Waals surface area (Å²) in [5.74, 6) is 2.30. The van der Waals surface area contributed by atoms with Gasteiger partial charge in [-0.2, -0.15) is 0 Å². The first-order chi connectivity index (χ1) is 8.04. The maximum atomic E-state index is 12.0. The summed E-state index contributed by atoms with van der Waals surface area (Å²) in [5, 5.41) is 6.51. The number of aryl methyl sites for hydroxylation is 1. The number of piperidine rings is 1. The normalized spacial score (nSPS) is 24.8. The Balaban J connectivity index is 1.95. The van der Waals surface area contributed by atoms with E-state index in [2.05, 4.69) is 24.3 Å². The highest BCUT2D eigenvalue weighted by Gasteiger charge is 2.25. The summed E-state index contributed by atoms with van der Waals surface area (Å²) >= 11 is 0. The average molecular weight is 237 g/mol. The largest absolute Gasteiger partial charge is 0.360 e. The number of nitrogens with one attached hydrogen (secondary N) is 1. The van der Waals surface area contributed by atoms with Crippen LogP contribution in [0.1, 0.15) is 26.0 Å². The fraction of sp³-hybridized carbons (Fsp3) is 0.667. The van der Waals surface area contributed by atoms with Gasteiger partial charge in [0.1, 0.15) is 5.76 Å². The Labute approximate surface area is 101 Å². The van der Waals surface area contributed by atoms with Gasteiger partial charge in [0.25, 0.3) is 0 Å². The van der Waals surface area contributed by atoms with E-state index < -0.39 is 0 Å². The third kappa shape index (κ3) is 2.99. The number of likely N-dealkylation sites (tertiary alicyclic amines) is 1. The first-order valence-electron chi connectivity index (χ1n) is 6.04. The van der Waals surface area contributed by atoms with Crippen molar-refractivity contribution in [2.75, 3.05) is 18.4 Å². The summed E-state index contributed by atoms with van der Waals surface area (Å²) in [6, 6.07) is 1.63. The number of rotatable bonds is 1. The second kappa shape index (κ2) is 4.77. The third-order valence-electron chi connectivity index (χ3n) is 3.02. The van der Waals surface area contributed by atoms with Crippen molar-refractivity contribution in [2.24, 2.45) is 11.8 Å². The Kier molecular flexibility index (Phi) is 3.36. The van der Waals surface area contributed by atoms with Crippen molar-refractivity contribution >= 4 is 11.8 Å². The molecule has 1 fully saturated rings. The molecule has 0 aromatic carbocycles. The monoisotopic (exact) mass is 237 g/mol. The number of hydrogen-bond acceptors (Lipinski definition) is 3. The van der Waals surface area contributed by atoms with E-state index in [0.29, 0.717) is 23.4 Å². The molecule has 94 valence electrons. The second-order valence-electron chi connectivity index (χ2n) is 5.10. The smallest absolute Gasteiger partial charge is 0.323 e. The van der Waals surface area contributed by atoms with E-state index in [1.165, 1.54) is 6.42 Å². The van der Waals surface area contributed by atoms with Gasteiger partial charge in [0.2, 0.25) is 0 Å². The molecule has 0 aliphatic carbocycles. The lowest BCUT2D eigenvalue weighted by molar-refractivity contribution is 0.156. The van der Waals surface area contributed by atoms with Crippen LogP contribution >= 0.6 is 0 Å². The van der Waals surface area contributed by atoms with Crippen LogP contribution in [-0.4, -0.2) is 29.2 Å². The molecular formula is C12H19N3O2. The van der Waals surface area contributed by atoms with Crippen LogP contribution in [0, 0.1) is 18.8 Å². The van der Waals surface area contributed by atoms with Crippen molar-refractivity contribution in [1.82, 2.24) is 10.1 Å². The summed E-state index contributed by atoms with van der Waals surface area (Å²) < 4.78 is 4.91. The summed E-state index contributed by atoms with van der Waals surface area (Å²) in [6.07, 6.45) is 1.19. The summed E-state index contributed by atoms with van der Waals surface area (Å²) in [7, 11) is 0. The van der Waals surface area contributed by atoms with Crippen LogP contribution in [-0.2, 0) is 0 Å². The number of hydrogen-bond donors (Lipinski definition) is 1. The zero-order valence-corrected chi connectivity index (χ0v) is 10.6.